The van der Waals surface area contributed by atoms with E-state index in [0.29, 0.717) is 11.9 Å². The lowest BCUT2D eigenvalue weighted by molar-refractivity contribution is 0.218. The topological polar surface area (TPSA) is 23.5 Å². The van der Waals surface area contributed by atoms with E-state index >= 15 is 0 Å². The van der Waals surface area contributed by atoms with Crippen molar-refractivity contribution in [1.29, 1.82) is 0 Å². The summed E-state index contributed by atoms with van der Waals surface area (Å²) in [5.74, 6) is 0.414. The molecule has 0 aromatic carbocycles. The summed E-state index contributed by atoms with van der Waals surface area (Å²) in [6.07, 6.45) is 2.81. The van der Waals surface area contributed by atoms with Crippen molar-refractivity contribution in [1.82, 2.24) is 4.90 Å². The van der Waals surface area contributed by atoms with Gasteiger partial charge in [0, 0.05) is 13.1 Å². The van der Waals surface area contributed by atoms with E-state index in [1.807, 2.05) is 18.0 Å². The van der Waals surface area contributed by atoms with Crippen molar-refractivity contribution in [2.45, 2.75) is 19.4 Å². The fourth-order valence-corrected chi connectivity index (χ4v) is 0.804. The summed E-state index contributed by atoms with van der Waals surface area (Å²) >= 11 is 0. The van der Waals surface area contributed by atoms with E-state index in [0.717, 1.165) is 6.42 Å². The molecule has 1 N–H and O–H groups in total. The zero-order valence-corrected chi connectivity index (χ0v) is 5.26. The molecule has 1 rings (SSSR count). The lowest BCUT2D eigenvalue weighted by Crippen LogP contribution is -2.21. The zero-order chi connectivity index (χ0) is 6.15. The Morgan fingerprint density at radius 3 is 2.62 bits per heavy atom. The molecule has 0 saturated heterocycles. The molecule has 0 aromatic rings. The quantitative estimate of drug-likeness (QED) is 0.508. The zero-order valence-electron chi connectivity index (χ0n) is 5.26. The van der Waals surface area contributed by atoms with E-state index in [2.05, 4.69) is 6.92 Å². The minimum absolute atomic E-state index is 0.414. The second-order valence-electron chi connectivity index (χ2n) is 2.26. The van der Waals surface area contributed by atoms with Gasteiger partial charge in [0.25, 0.3) is 0 Å². The maximum absolute atomic E-state index is 8.96. The number of nitrogens with zero attached hydrogens (tertiary/aromatic N) is 1. The highest BCUT2D eigenvalue weighted by Gasteiger charge is 2.15. The third-order valence-corrected chi connectivity index (χ3v) is 1.66. The highest BCUT2D eigenvalue weighted by Crippen LogP contribution is 2.15. The molecule has 0 aromatic heterocycles. The van der Waals surface area contributed by atoms with Crippen LogP contribution in [0.15, 0.2) is 12.0 Å². The predicted octanol–water partition coefficient (Wildman–Crippen LogP) is 1.11. The molecule has 8 heavy (non-hydrogen) atoms. The lowest BCUT2D eigenvalue weighted by atomic mass is 10.3. The number of aliphatic hydroxyl groups excluding tert-OH is 1. The fraction of sp³-hybridized carbons (Fsp3) is 0.667. The maximum atomic E-state index is 8.96. The van der Waals surface area contributed by atoms with E-state index in [9.17, 15) is 0 Å². The molecule has 0 radical (unpaired) electrons. The molecule has 0 aliphatic carbocycles. The third kappa shape index (κ3) is 0.661. The molecule has 46 valence electrons. The molecule has 1 atom stereocenters. The molecule has 0 spiro atoms. The fourth-order valence-electron chi connectivity index (χ4n) is 0.804. The van der Waals surface area contributed by atoms with Gasteiger partial charge in [-0.05, 0) is 19.4 Å². The van der Waals surface area contributed by atoms with Gasteiger partial charge < -0.3 is 10.0 Å². The number of aliphatic hydroxyl groups is 1. The van der Waals surface area contributed by atoms with Crippen LogP contribution in [0.5, 0.6) is 0 Å². The van der Waals surface area contributed by atoms with Gasteiger partial charge in [-0.3, -0.25) is 0 Å². The highest BCUT2D eigenvalue weighted by molar-refractivity contribution is 5.00. The van der Waals surface area contributed by atoms with Crippen LogP contribution in [0.1, 0.15) is 13.3 Å². The van der Waals surface area contributed by atoms with E-state index in [1.54, 1.807) is 0 Å². The van der Waals surface area contributed by atoms with Gasteiger partial charge in [0.1, 0.15) is 0 Å². The monoisotopic (exact) mass is 113 g/mol. The summed E-state index contributed by atoms with van der Waals surface area (Å²) in [5, 5.41) is 8.96. The number of rotatable bonds is 0. The molecule has 0 bridgehead atoms. The molecule has 1 heterocycles. The van der Waals surface area contributed by atoms with Crippen molar-refractivity contribution in [2.24, 2.45) is 0 Å². The SMILES string of the molecule is C[C@H]1CC=C(O)N1C. The molecule has 1 aliphatic rings. The maximum Gasteiger partial charge on any atom is 0.182 e. The van der Waals surface area contributed by atoms with Crippen molar-refractivity contribution in [2.75, 3.05) is 7.05 Å². The second-order valence-corrected chi connectivity index (χ2v) is 2.26. The van der Waals surface area contributed by atoms with Crippen LogP contribution in [0.3, 0.4) is 0 Å². The van der Waals surface area contributed by atoms with Gasteiger partial charge in [0.05, 0.1) is 0 Å². The Morgan fingerprint density at radius 2 is 2.50 bits per heavy atom. The molecule has 0 amide bonds. The summed E-state index contributed by atoms with van der Waals surface area (Å²) in [5.41, 5.74) is 0. The predicted molar refractivity (Wildman–Crippen MR) is 32.6 cm³/mol. The average Bonchev–Trinajstić information content (AvgIpc) is 1.98. The first-order valence-corrected chi connectivity index (χ1v) is 2.84. The van der Waals surface area contributed by atoms with Crippen molar-refractivity contribution in [3.05, 3.63) is 12.0 Å². The van der Waals surface area contributed by atoms with Crippen molar-refractivity contribution < 1.29 is 5.11 Å². The first kappa shape index (κ1) is 5.48. The van der Waals surface area contributed by atoms with Crippen LogP contribution < -0.4 is 0 Å². The molecule has 0 fully saturated rings. The van der Waals surface area contributed by atoms with Crippen molar-refractivity contribution >= 4 is 0 Å². The summed E-state index contributed by atoms with van der Waals surface area (Å²) in [4.78, 5) is 1.86. The molecule has 1 aliphatic heterocycles. The molecular formula is C6H11NO. The minimum Gasteiger partial charge on any atom is -0.495 e. The van der Waals surface area contributed by atoms with Crippen LogP contribution in [0.25, 0.3) is 0 Å². The largest absolute Gasteiger partial charge is 0.495 e. The molecule has 0 saturated carbocycles. The molecule has 2 heteroatoms. The minimum atomic E-state index is 0.414. The van der Waals surface area contributed by atoms with E-state index < -0.39 is 0 Å². The van der Waals surface area contributed by atoms with Gasteiger partial charge >= 0.3 is 0 Å². The Morgan fingerprint density at radius 1 is 1.88 bits per heavy atom. The average molecular weight is 113 g/mol. The van der Waals surface area contributed by atoms with Gasteiger partial charge in [0.2, 0.25) is 0 Å². The first-order valence-electron chi connectivity index (χ1n) is 2.84. The summed E-state index contributed by atoms with van der Waals surface area (Å²) < 4.78 is 0. The number of hydrogen-bond acceptors (Lipinski definition) is 2. The Bertz CT molecular complexity index is 120. The van der Waals surface area contributed by atoms with Gasteiger partial charge in [-0.2, -0.15) is 0 Å². The second kappa shape index (κ2) is 1.69. The van der Waals surface area contributed by atoms with Crippen LogP contribution in [0, 0.1) is 0 Å². The summed E-state index contributed by atoms with van der Waals surface area (Å²) in [6, 6.07) is 0.481. The van der Waals surface area contributed by atoms with E-state index in [-0.39, 0.29) is 0 Å². The Kier molecular flexibility index (Phi) is 1.16. The molecule has 2 nitrogen and oxygen atoms in total. The van der Waals surface area contributed by atoms with E-state index in [4.69, 9.17) is 5.11 Å². The van der Waals surface area contributed by atoms with Crippen LogP contribution in [-0.2, 0) is 0 Å². The first-order chi connectivity index (χ1) is 3.72. The van der Waals surface area contributed by atoms with E-state index in [1.165, 1.54) is 0 Å². The van der Waals surface area contributed by atoms with Crippen molar-refractivity contribution in [3.8, 4) is 0 Å². The Hall–Kier alpha value is -0.660. The third-order valence-electron chi connectivity index (χ3n) is 1.66. The Labute approximate surface area is 49.4 Å². The molecular weight excluding hydrogens is 102 g/mol. The smallest absolute Gasteiger partial charge is 0.182 e. The Balaban J connectivity index is 2.59. The molecule has 0 unspecified atom stereocenters. The lowest BCUT2D eigenvalue weighted by Gasteiger charge is -2.17. The highest BCUT2D eigenvalue weighted by atomic mass is 16.3. The van der Waals surface area contributed by atoms with Crippen LogP contribution in [0.4, 0.5) is 0 Å². The normalized spacial score (nSPS) is 28.5. The summed E-state index contributed by atoms with van der Waals surface area (Å²) in [6.45, 7) is 2.08. The van der Waals surface area contributed by atoms with Crippen LogP contribution in [0.2, 0.25) is 0 Å². The van der Waals surface area contributed by atoms with Gasteiger partial charge in [0.15, 0.2) is 5.88 Å². The van der Waals surface area contributed by atoms with Gasteiger partial charge in [-0.25, -0.2) is 0 Å². The summed E-state index contributed by atoms with van der Waals surface area (Å²) in [7, 11) is 1.89. The van der Waals surface area contributed by atoms with Crippen molar-refractivity contribution in [3.63, 3.8) is 0 Å². The van der Waals surface area contributed by atoms with Gasteiger partial charge in [-0.1, -0.05) is 0 Å². The number of hydrogen-bond donors (Lipinski definition) is 1. The van der Waals surface area contributed by atoms with Crippen LogP contribution >= 0.6 is 0 Å². The standard InChI is InChI=1S/C6H11NO/c1-5-3-4-6(8)7(5)2/h4-5,8H,3H2,1-2H3/t5-/m0/s1. The van der Waals surface area contributed by atoms with Gasteiger partial charge in [-0.15, -0.1) is 0 Å². The van der Waals surface area contributed by atoms with Crippen LogP contribution in [-0.4, -0.2) is 23.1 Å².